The molecule has 0 radical (unpaired) electrons. The molecule has 2 aromatic heterocycles. The number of anilines is 2. The quantitative estimate of drug-likeness (QED) is 0.220. The first-order chi connectivity index (χ1) is 21.6. The summed E-state index contributed by atoms with van der Waals surface area (Å²) in [5.41, 5.74) is 9.25. The number of hydrogen-bond acceptors (Lipinski definition) is 8. The van der Waals surface area contributed by atoms with Crippen LogP contribution in [0.1, 0.15) is 22.8 Å². The molecular formula is C30H34ClFN8O5. The first-order valence-corrected chi connectivity index (χ1v) is 14.4. The lowest BCUT2D eigenvalue weighted by molar-refractivity contribution is -0.122. The average Bonchev–Trinajstić information content (AvgIpc) is 3.47. The summed E-state index contributed by atoms with van der Waals surface area (Å²) in [6.07, 6.45) is 4.93. The number of piperazine rings is 1. The Balaban J connectivity index is 0.00000148. The Labute approximate surface area is 263 Å². The molecule has 45 heavy (non-hydrogen) atoms. The summed E-state index contributed by atoms with van der Waals surface area (Å²) in [4.78, 5) is 46.4. The zero-order valence-electron chi connectivity index (χ0n) is 25.0. The number of hydrogen-bond donors (Lipinski definition) is 4. The summed E-state index contributed by atoms with van der Waals surface area (Å²) in [5.74, 6) is -0.197. The lowest BCUT2D eigenvalue weighted by Crippen LogP contribution is -2.55. The van der Waals surface area contributed by atoms with Gasteiger partial charge in [-0.25, -0.2) is 19.2 Å². The van der Waals surface area contributed by atoms with E-state index >= 15 is 0 Å². The van der Waals surface area contributed by atoms with Gasteiger partial charge in [0.2, 0.25) is 0 Å². The van der Waals surface area contributed by atoms with Crippen LogP contribution in [0, 0.1) is 12.7 Å². The van der Waals surface area contributed by atoms with Crippen LogP contribution in [0.5, 0.6) is 5.75 Å². The van der Waals surface area contributed by atoms with Gasteiger partial charge >= 0.3 is 6.03 Å². The second-order valence-electron chi connectivity index (χ2n) is 10.2. The molecule has 1 aliphatic rings. The summed E-state index contributed by atoms with van der Waals surface area (Å²) >= 11 is 6.31. The molecule has 1 aliphatic heterocycles. The van der Waals surface area contributed by atoms with Crippen molar-refractivity contribution in [1.82, 2.24) is 29.5 Å². The minimum Gasteiger partial charge on any atom is -0.494 e. The summed E-state index contributed by atoms with van der Waals surface area (Å²) in [7, 11) is 1.38. The van der Waals surface area contributed by atoms with Gasteiger partial charge in [-0.2, -0.15) is 0 Å². The van der Waals surface area contributed by atoms with Gasteiger partial charge < -0.3 is 36.0 Å². The van der Waals surface area contributed by atoms with E-state index in [0.29, 0.717) is 61.0 Å². The second kappa shape index (κ2) is 14.7. The van der Waals surface area contributed by atoms with E-state index in [0.717, 1.165) is 11.3 Å². The third-order valence-corrected chi connectivity index (χ3v) is 7.64. The lowest BCUT2D eigenvalue weighted by Gasteiger charge is -2.35. The Hall–Kier alpha value is -4.95. The van der Waals surface area contributed by atoms with Crippen LogP contribution in [0.3, 0.4) is 0 Å². The van der Waals surface area contributed by atoms with Gasteiger partial charge in [0, 0.05) is 68.0 Å². The number of carbonyl (C=O) groups is 3. The topological polar surface area (TPSA) is 167 Å². The van der Waals surface area contributed by atoms with Crippen molar-refractivity contribution in [3.63, 3.8) is 0 Å². The number of rotatable bonds is 7. The maximum atomic E-state index is 14.6. The standard InChI is InChI=1S/C29H32ClFN8O3.CH2O2/c1-17-14-19(4-5-20(17)28(40)37-10-12-38(13-11-37)29(41)35-18(2)15-32)36-26-27-34-16-22(39(27)9-8-33-26)21-6-7-23(42-3)25(31)24(21)30;2-1-3/h4-9,14,16,18H,10-13,15,32H2,1-3H3,(H,33,36)(H,35,41);1H,(H,2,3)/t18-;/m1./s1. The van der Waals surface area contributed by atoms with Crippen LogP contribution < -0.4 is 21.1 Å². The van der Waals surface area contributed by atoms with Crippen molar-refractivity contribution < 1.29 is 28.6 Å². The maximum absolute atomic E-state index is 14.6. The van der Waals surface area contributed by atoms with E-state index in [1.807, 2.05) is 26.0 Å². The molecule has 0 saturated carbocycles. The summed E-state index contributed by atoms with van der Waals surface area (Å²) in [6.45, 7) is 5.62. The number of benzene rings is 2. The first-order valence-electron chi connectivity index (χ1n) is 14.0. The van der Waals surface area contributed by atoms with Crippen molar-refractivity contribution in [3.05, 3.63) is 70.9 Å². The van der Waals surface area contributed by atoms with Crippen LogP contribution in [0.25, 0.3) is 16.9 Å². The smallest absolute Gasteiger partial charge is 0.317 e. The predicted molar refractivity (Wildman–Crippen MR) is 168 cm³/mol. The van der Waals surface area contributed by atoms with E-state index in [1.54, 1.807) is 44.9 Å². The predicted octanol–water partition coefficient (Wildman–Crippen LogP) is 3.76. The van der Waals surface area contributed by atoms with E-state index in [1.165, 1.54) is 13.2 Å². The molecule has 238 valence electrons. The number of nitrogens with two attached hydrogens (primary N) is 1. The van der Waals surface area contributed by atoms with Gasteiger partial charge in [0.05, 0.1) is 24.0 Å². The number of nitrogens with one attached hydrogen (secondary N) is 2. The molecule has 5 N–H and O–H groups in total. The number of ether oxygens (including phenoxy) is 1. The van der Waals surface area contributed by atoms with E-state index in [4.69, 9.17) is 32.0 Å². The maximum Gasteiger partial charge on any atom is 0.317 e. The largest absolute Gasteiger partial charge is 0.494 e. The molecule has 0 bridgehead atoms. The Morgan fingerprint density at radius 1 is 1.18 bits per heavy atom. The molecule has 0 spiro atoms. The number of carbonyl (C=O) groups excluding carboxylic acids is 2. The fraction of sp³-hybridized carbons (Fsp3) is 0.300. The van der Waals surface area contributed by atoms with Gasteiger partial charge in [0.1, 0.15) is 0 Å². The molecule has 4 aromatic rings. The van der Waals surface area contributed by atoms with Crippen molar-refractivity contribution in [1.29, 1.82) is 0 Å². The van der Waals surface area contributed by atoms with E-state index < -0.39 is 5.82 Å². The third-order valence-electron chi connectivity index (χ3n) is 7.27. The molecule has 15 heteroatoms. The van der Waals surface area contributed by atoms with Crippen LogP contribution in [-0.2, 0) is 4.79 Å². The van der Waals surface area contributed by atoms with Crippen LogP contribution in [0.15, 0.2) is 48.9 Å². The molecule has 3 heterocycles. The monoisotopic (exact) mass is 640 g/mol. The van der Waals surface area contributed by atoms with Crippen molar-refractivity contribution in [2.45, 2.75) is 19.9 Å². The summed E-state index contributed by atoms with van der Waals surface area (Å²) in [6, 6.07) is 8.37. The van der Waals surface area contributed by atoms with Crippen LogP contribution >= 0.6 is 11.6 Å². The molecule has 0 unspecified atom stereocenters. The number of nitrogens with zero attached hydrogens (tertiary/aromatic N) is 5. The molecule has 1 saturated heterocycles. The highest BCUT2D eigenvalue weighted by molar-refractivity contribution is 6.33. The van der Waals surface area contributed by atoms with Gasteiger partial charge in [-0.15, -0.1) is 0 Å². The number of fused-ring (bicyclic) bond motifs is 1. The van der Waals surface area contributed by atoms with Gasteiger partial charge in [0.25, 0.3) is 12.4 Å². The fourth-order valence-corrected chi connectivity index (χ4v) is 5.11. The molecule has 5 rings (SSSR count). The molecule has 0 aliphatic carbocycles. The van der Waals surface area contributed by atoms with Crippen molar-refractivity contribution in [2.75, 3.05) is 45.2 Å². The van der Waals surface area contributed by atoms with Crippen molar-refractivity contribution in [2.24, 2.45) is 5.73 Å². The highest BCUT2D eigenvalue weighted by Gasteiger charge is 2.26. The van der Waals surface area contributed by atoms with E-state index in [2.05, 4.69) is 20.6 Å². The third kappa shape index (κ3) is 7.24. The number of carboxylic acid groups (broad SMARTS) is 1. The zero-order valence-corrected chi connectivity index (χ0v) is 25.7. The number of amides is 3. The molecule has 1 fully saturated rings. The zero-order chi connectivity index (χ0) is 32.7. The van der Waals surface area contributed by atoms with E-state index in [-0.39, 0.29) is 35.2 Å². The first kappa shape index (κ1) is 33.0. The number of halogens is 2. The average molecular weight is 641 g/mol. The fourth-order valence-electron chi connectivity index (χ4n) is 4.86. The van der Waals surface area contributed by atoms with Crippen molar-refractivity contribution >= 4 is 47.2 Å². The van der Waals surface area contributed by atoms with Crippen molar-refractivity contribution in [3.8, 4) is 17.0 Å². The number of methoxy groups -OCH3 is 1. The molecule has 13 nitrogen and oxygen atoms in total. The number of aryl methyl sites for hydroxylation is 1. The Bertz CT molecular complexity index is 1690. The molecule has 3 amide bonds. The minimum atomic E-state index is -0.645. The Morgan fingerprint density at radius 2 is 1.87 bits per heavy atom. The second-order valence-corrected chi connectivity index (χ2v) is 10.6. The Kier molecular flexibility index (Phi) is 10.8. The van der Waals surface area contributed by atoms with Crippen LogP contribution in [-0.4, -0.2) is 93.6 Å². The number of urea groups is 1. The molecule has 1 atom stereocenters. The Morgan fingerprint density at radius 3 is 2.51 bits per heavy atom. The number of imidazole rings is 1. The van der Waals surface area contributed by atoms with Crippen LogP contribution in [0.4, 0.5) is 20.7 Å². The van der Waals surface area contributed by atoms with Gasteiger partial charge in [-0.3, -0.25) is 14.0 Å². The van der Waals surface area contributed by atoms with Gasteiger partial charge in [0.15, 0.2) is 23.0 Å². The normalized spacial score (nSPS) is 13.5. The highest BCUT2D eigenvalue weighted by atomic mass is 35.5. The lowest BCUT2D eigenvalue weighted by atomic mass is 10.1. The van der Waals surface area contributed by atoms with Crippen LogP contribution in [0.2, 0.25) is 5.02 Å². The minimum absolute atomic E-state index is 0.0570. The number of aromatic nitrogens is 3. The highest BCUT2D eigenvalue weighted by Crippen LogP contribution is 2.35. The SMILES string of the molecule is COc1ccc(-c2cnc3c(Nc4ccc(C(=O)N5CCN(C(=O)N[C@H](C)CN)CC5)c(C)c4)nccn23)c(Cl)c1F.O=CO. The molecule has 2 aromatic carbocycles. The van der Waals surface area contributed by atoms with E-state index in [9.17, 15) is 14.0 Å². The summed E-state index contributed by atoms with van der Waals surface area (Å²) < 4.78 is 21.4. The summed E-state index contributed by atoms with van der Waals surface area (Å²) in [5, 5.41) is 13.0. The molecular weight excluding hydrogens is 607 g/mol. The van der Waals surface area contributed by atoms with Gasteiger partial charge in [-0.1, -0.05) is 11.6 Å². The van der Waals surface area contributed by atoms with Gasteiger partial charge in [-0.05, 0) is 49.7 Å².